The van der Waals surface area contributed by atoms with Crippen LogP contribution < -0.4 is 14.8 Å². The number of nitrogens with zero attached hydrogens (tertiary/aromatic N) is 1. The number of esters is 1. The fourth-order valence-corrected chi connectivity index (χ4v) is 3.31. The summed E-state index contributed by atoms with van der Waals surface area (Å²) in [4.78, 5) is 50.3. The standard InChI is InChI=1S/C21H16F2N2O7/c1-10-3-5-13-14(7-10)19(28)25(18(13)27)11(2)20(29)30-9-17(26)24-12-4-6-15-16(8-12)32-21(22,23)31-15/h3-8,11H,9H2,1-2H3,(H,24,26). The maximum absolute atomic E-state index is 13.1. The molecule has 32 heavy (non-hydrogen) atoms. The number of hydrogen-bond acceptors (Lipinski definition) is 7. The zero-order chi connectivity index (χ0) is 23.2. The van der Waals surface area contributed by atoms with Crippen molar-refractivity contribution in [2.24, 2.45) is 0 Å². The smallest absolute Gasteiger partial charge is 0.454 e. The predicted molar refractivity (Wildman–Crippen MR) is 103 cm³/mol. The Kier molecular flexibility index (Phi) is 5.03. The van der Waals surface area contributed by atoms with Crippen molar-refractivity contribution in [1.29, 1.82) is 0 Å². The van der Waals surface area contributed by atoms with Gasteiger partial charge in [-0.15, -0.1) is 8.78 Å². The molecule has 11 heteroatoms. The summed E-state index contributed by atoms with van der Waals surface area (Å²) in [5, 5.41) is 2.36. The number of carbonyl (C=O) groups is 4. The molecule has 0 radical (unpaired) electrons. The van der Waals surface area contributed by atoms with E-state index in [1.54, 1.807) is 19.1 Å². The molecule has 0 aromatic heterocycles. The van der Waals surface area contributed by atoms with Gasteiger partial charge in [-0.2, -0.15) is 0 Å². The number of rotatable bonds is 5. The topological polar surface area (TPSA) is 111 Å². The molecule has 0 aliphatic carbocycles. The van der Waals surface area contributed by atoms with Gasteiger partial charge in [0, 0.05) is 11.8 Å². The van der Waals surface area contributed by atoms with Crippen molar-refractivity contribution in [3.8, 4) is 11.5 Å². The highest BCUT2D eigenvalue weighted by Gasteiger charge is 2.44. The van der Waals surface area contributed by atoms with Crippen LogP contribution in [0.1, 0.15) is 33.2 Å². The Morgan fingerprint density at radius 3 is 2.50 bits per heavy atom. The van der Waals surface area contributed by atoms with Gasteiger partial charge < -0.3 is 19.5 Å². The number of halogens is 2. The van der Waals surface area contributed by atoms with E-state index in [1.807, 2.05) is 0 Å². The van der Waals surface area contributed by atoms with Crippen LogP contribution >= 0.6 is 0 Å². The van der Waals surface area contributed by atoms with E-state index in [-0.39, 0.29) is 28.3 Å². The molecule has 2 aromatic rings. The molecule has 1 atom stereocenters. The number of anilines is 1. The molecule has 2 aromatic carbocycles. The maximum Gasteiger partial charge on any atom is 0.586 e. The molecule has 2 heterocycles. The molecule has 1 unspecified atom stereocenters. The third kappa shape index (κ3) is 3.84. The molecule has 2 aliphatic rings. The molecule has 1 N–H and O–H groups in total. The number of imide groups is 1. The van der Waals surface area contributed by atoms with Crippen LogP contribution in [0.2, 0.25) is 0 Å². The Balaban J connectivity index is 1.35. The largest absolute Gasteiger partial charge is 0.586 e. The zero-order valence-corrected chi connectivity index (χ0v) is 16.8. The lowest BCUT2D eigenvalue weighted by atomic mass is 10.1. The molecular weight excluding hydrogens is 430 g/mol. The van der Waals surface area contributed by atoms with Crippen molar-refractivity contribution in [2.75, 3.05) is 11.9 Å². The van der Waals surface area contributed by atoms with Gasteiger partial charge in [0.25, 0.3) is 17.7 Å². The lowest BCUT2D eigenvalue weighted by Crippen LogP contribution is -2.44. The van der Waals surface area contributed by atoms with Gasteiger partial charge in [-0.25, -0.2) is 4.79 Å². The molecular formula is C21H16F2N2O7. The lowest BCUT2D eigenvalue weighted by molar-refractivity contribution is -0.286. The van der Waals surface area contributed by atoms with Gasteiger partial charge in [0.15, 0.2) is 18.1 Å². The van der Waals surface area contributed by atoms with Gasteiger partial charge in [0.05, 0.1) is 11.1 Å². The third-order valence-corrected chi connectivity index (χ3v) is 4.83. The minimum Gasteiger partial charge on any atom is -0.454 e. The highest BCUT2D eigenvalue weighted by atomic mass is 19.3. The quantitative estimate of drug-likeness (QED) is 0.555. The maximum atomic E-state index is 13.1. The Labute approximate surface area is 179 Å². The van der Waals surface area contributed by atoms with Crippen molar-refractivity contribution < 1.29 is 42.2 Å². The fraction of sp³-hybridized carbons (Fsp3) is 0.238. The van der Waals surface area contributed by atoms with Crippen LogP contribution in [0.15, 0.2) is 36.4 Å². The van der Waals surface area contributed by atoms with Crippen LogP contribution in [-0.2, 0) is 14.3 Å². The molecule has 2 aliphatic heterocycles. The molecule has 0 saturated carbocycles. The Bertz CT molecular complexity index is 1160. The normalized spacial score (nSPS) is 16.6. The predicted octanol–water partition coefficient (Wildman–Crippen LogP) is 2.48. The number of carbonyl (C=O) groups excluding carboxylic acids is 4. The van der Waals surface area contributed by atoms with Gasteiger partial charge in [-0.1, -0.05) is 11.6 Å². The molecule has 0 bridgehead atoms. The Morgan fingerprint density at radius 2 is 1.75 bits per heavy atom. The van der Waals surface area contributed by atoms with E-state index in [1.165, 1.54) is 25.1 Å². The summed E-state index contributed by atoms with van der Waals surface area (Å²) >= 11 is 0. The van der Waals surface area contributed by atoms with E-state index in [0.717, 1.165) is 16.5 Å². The van der Waals surface area contributed by atoms with Crippen molar-refractivity contribution >= 4 is 29.4 Å². The average molecular weight is 446 g/mol. The number of nitrogens with one attached hydrogen (secondary N) is 1. The van der Waals surface area contributed by atoms with Crippen LogP contribution in [0.25, 0.3) is 0 Å². The highest BCUT2D eigenvalue weighted by molar-refractivity contribution is 6.22. The first-order valence-corrected chi connectivity index (χ1v) is 9.40. The van der Waals surface area contributed by atoms with Gasteiger partial charge in [-0.05, 0) is 38.1 Å². The van der Waals surface area contributed by atoms with Crippen LogP contribution in [-0.4, -0.2) is 47.5 Å². The van der Waals surface area contributed by atoms with E-state index in [9.17, 15) is 28.0 Å². The number of aryl methyl sites for hydroxylation is 1. The van der Waals surface area contributed by atoms with Gasteiger partial charge >= 0.3 is 12.3 Å². The molecule has 9 nitrogen and oxygen atoms in total. The second-order valence-corrected chi connectivity index (χ2v) is 7.19. The number of alkyl halides is 2. The molecule has 0 fully saturated rings. The first kappa shape index (κ1) is 21.2. The zero-order valence-electron chi connectivity index (χ0n) is 16.8. The van der Waals surface area contributed by atoms with Gasteiger partial charge in [-0.3, -0.25) is 19.3 Å². The number of fused-ring (bicyclic) bond motifs is 2. The van der Waals surface area contributed by atoms with E-state index >= 15 is 0 Å². The molecule has 166 valence electrons. The first-order valence-electron chi connectivity index (χ1n) is 9.40. The summed E-state index contributed by atoms with van der Waals surface area (Å²) in [6, 6.07) is 7.09. The van der Waals surface area contributed by atoms with Crippen LogP contribution in [0.3, 0.4) is 0 Å². The fourth-order valence-electron chi connectivity index (χ4n) is 3.31. The number of benzene rings is 2. The van der Waals surface area contributed by atoms with Crippen LogP contribution in [0, 0.1) is 6.92 Å². The molecule has 3 amide bonds. The third-order valence-electron chi connectivity index (χ3n) is 4.83. The van der Waals surface area contributed by atoms with Crippen molar-refractivity contribution in [2.45, 2.75) is 26.2 Å². The summed E-state index contributed by atoms with van der Waals surface area (Å²) in [7, 11) is 0. The molecule has 0 saturated heterocycles. The number of hydrogen-bond donors (Lipinski definition) is 1. The summed E-state index contributed by atoms with van der Waals surface area (Å²) in [5.41, 5.74) is 1.27. The van der Waals surface area contributed by atoms with Crippen molar-refractivity contribution in [1.82, 2.24) is 4.90 Å². The molecule has 0 spiro atoms. The molecule has 4 rings (SSSR count). The minimum absolute atomic E-state index is 0.106. The second-order valence-electron chi connectivity index (χ2n) is 7.19. The number of amides is 3. The average Bonchev–Trinajstić information content (AvgIpc) is 3.16. The minimum atomic E-state index is -3.79. The van der Waals surface area contributed by atoms with Crippen molar-refractivity contribution in [3.63, 3.8) is 0 Å². The summed E-state index contributed by atoms with van der Waals surface area (Å²) in [6.45, 7) is 2.35. The lowest BCUT2D eigenvalue weighted by Gasteiger charge is -2.20. The highest BCUT2D eigenvalue weighted by Crippen LogP contribution is 2.42. The van der Waals surface area contributed by atoms with Crippen LogP contribution in [0.5, 0.6) is 11.5 Å². The Morgan fingerprint density at radius 1 is 1.06 bits per heavy atom. The monoisotopic (exact) mass is 446 g/mol. The van der Waals surface area contributed by atoms with Gasteiger partial charge in [0.2, 0.25) is 0 Å². The Hall–Kier alpha value is -4.02. The van der Waals surface area contributed by atoms with E-state index in [2.05, 4.69) is 14.8 Å². The second kappa shape index (κ2) is 7.59. The van der Waals surface area contributed by atoms with E-state index in [4.69, 9.17) is 4.74 Å². The first-order chi connectivity index (χ1) is 15.1. The number of ether oxygens (including phenoxy) is 3. The summed E-state index contributed by atoms with van der Waals surface area (Å²) in [6.07, 6.45) is -3.79. The summed E-state index contributed by atoms with van der Waals surface area (Å²) in [5.74, 6) is -3.44. The van der Waals surface area contributed by atoms with Gasteiger partial charge in [0.1, 0.15) is 6.04 Å². The van der Waals surface area contributed by atoms with E-state index < -0.39 is 42.6 Å². The van der Waals surface area contributed by atoms with Crippen LogP contribution in [0.4, 0.5) is 14.5 Å². The van der Waals surface area contributed by atoms with E-state index in [0.29, 0.717) is 0 Å². The van der Waals surface area contributed by atoms with Crippen molar-refractivity contribution in [3.05, 3.63) is 53.1 Å². The summed E-state index contributed by atoms with van der Waals surface area (Å²) < 4.78 is 39.6. The SMILES string of the molecule is Cc1ccc2c(c1)C(=O)N(C(C)C(=O)OCC(=O)Nc1ccc3c(c1)OC(F)(F)O3)C2=O.